The zero-order valence-corrected chi connectivity index (χ0v) is 22.0. The number of hydrogen-bond donors (Lipinski definition) is 5. The van der Waals surface area contributed by atoms with E-state index in [1.165, 1.54) is 36.9 Å². The minimum Gasteiger partial charge on any atom is -0.351 e. The van der Waals surface area contributed by atoms with E-state index in [-0.39, 0.29) is 24.2 Å². The van der Waals surface area contributed by atoms with Gasteiger partial charge in [-0.2, -0.15) is 15.3 Å². The van der Waals surface area contributed by atoms with Crippen LogP contribution in [-0.4, -0.2) is 44.3 Å². The summed E-state index contributed by atoms with van der Waals surface area (Å²) in [4.78, 5) is 21.7. The van der Waals surface area contributed by atoms with E-state index in [0.717, 1.165) is 49.9 Å². The minimum absolute atomic E-state index is 0.0701. The molecule has 2 amide bonds. The maximum absolute atomic E-state index is 12.7. The van der Waals surface area contributed by atoms with Gasteiger partial charge in [-0.1, -0.05) is 18.9 Å². The number of amides is 2. The molecule has 10 heteroatoms. The molecule has 3 aliphatic carbocycles. The van der Waals surface area contributed by atoms with E-state index >= 15 is 0 Å². The SMILES string of the molecule is N#Cc1ccc2c(c1)CC(NC(=O)N[C@H]1CC[C@H](Nc3nccc(Nc4cc(C5CCCC5)[nH]n4)n3)CC1)C2. The second kappa shape index (κ2) is 11.3. The quantitative estimate of drug-likeness (QED) is 0.302. The van der Waals surface area contributed by atoms with E-state index in [0.29, 0.717) is 23.2 Å². The lowest BCUT2D eigenvalue weighted by molar-refractivity contribution is 0.228. The Morgan fingerprint density at radius 3 is 2.49 bits per heavy atom. The van der Waals surface area contributed by atoms with E-state index in [9.17, 15) is 4.79 Å². The number of aromatic amines is 1. The van der Waals surface area contributed by atoms with Gasteiger partial charge in [0.2, 0.25) is 5.95 Å². The Morgan fingerprint density at radius 1 is 0.897 bits per heavy atom. The number of carbonyl (C=O) groups is 1. The average molecular weight is 526 g/mol. The lowest BCUT2D eigenvalue weighted by atomic mass is 9.91. The Labute approximate surface area is 228 Å². The van der Waals surface area contributed by atoms with Crippen LogP contribution in [0.15, 0.2) is 36.5 Å². The van der Waals surface area contributed by atoms with Crippen LogP contribution in [-0.2, 0) is 12.8 Å². The third-order valence-corrected chi connectivity index (χ3v) is 8.30. The van der Waals surface area contributed by atoms with Crippen LogP contribution in [0.1, 0.15) is 79.7 Å². The number of anilines is 3. The zero-order valence-electron chi connectivity index (χ0n) is 22.0. The highest BCUT2D eigenvalue weighted by molar-refractivity contribution is 5.75. The predicted octanol–water partition coefficient (Wildman–Crippen LogP) is 4.66. The summed E-state index contributed by atoms with van der Waals surface area (Å²) in [6.45, 7) is 0. The maximum atomic E-state index is 12.7. The molecule has 3 aromatic rings. The van der Waals surface area contributed by atoms with Crippen LogP contribution in [0.5, 0.6) is 0 Å². The molecule has 2 heterocycles. The summed E-state index contributed by atoms with van der Waals surface area (Å²) in [6.07, 6.45) is 12.0. The number of benzene rings is 1. The van der Waals surface area contributed by atoms with Gasteiger partial charge in [0.1, 0.15) is 5.82 Å². The average Bonchev–Trinajstić information content (AvgIpc) is 3.70. The molecule has 0 saturated heterocycles. The number of hydrogen-bond acceptors (Lipinski definition) is 7. The van der Waals surface area contributed by atoms with Gasteiger partial charge in [0.25, 0.3) is 0 Å². The summed E-state index contributed by atoms with van der Waals surface area (Å²) >= 11 is 0. The van der Waals surface area contributed by atoms with Gasteiger partial charge in [0, 0.05) is 42.0 Å². The van der Waals surface area contributed by atoms with Crippen LogP contribution in [0.2, 0.25) is 0 Å². The number of nitrogens with zero attached hydrogens (tertiary/aromatic N) is 4. The number of nitriles is 1. The monoisotopic (exact) mass is 525 g/mol. The lowest BCUT2D eigenvalue weighted by Gasteiger charge is -2.30. The first-order chi connectivity index (χ1) is 19.1. The maximum Gasteiger partial charge on any atom is 0.315 e. The smallest absolute Gasteiger partial charge is 0.315 e. The molecule has 2 saturated carbocycles. The van der Waals surface area contributed by atoms with Crippen molar-refractivity contribution < 1.29 is 4.79 Å². The Morgan fingerprint density at radius 2 is 1.67 bits per heavy atom. The van der Waals surface area contributed by atoms with Crippen LogP contribution >= 0.6 is 0 Å². The Balaban J connectivity index is 0.941. The van der Waals surface area contributed by atoms with Crippen LogP contribution < -0.4 is 21.3 Å². The Kier molecular flexibility index (Phi) is 7.30. The molecule has 2 aromatic heterocycles. The molecule has 5 N–H and O–H groups in total. The van der Waals surface area contributed by atoms with E-state index in [1.54, 1.807) is 6.20 Å². The highest BCUT2D eigenvalue weighted by atomic mass is 16.2. The molecule has 1 unspecified atom stereocenters. The molecule has 2 fully saturated rings. The second-order valence-electron chi connectivity index (χ2n) is 11.1. The summed E-state index contributed by atoms with van der Waals surface area (Å²) in [6, 6.07) is 12.3. The van der Waals surface area contributed by atoms with Gasteiger partial charge in [-0.3, -0.25) is 5.10 Å². The molecular formula is C29H35N9O. The number of carbonyl (C=O) groups excluding carboxylic acids is 1. The summed E-state index contributed by atoms with van der Waals surface area (Å²) in [5.41, 5.74) is 4.24. The summed E-state index contributed by atoms with van der Waals surface area (Å²) in [5, 5.41) is 29.7. The molecule has 0 bridgehead atoms. The molecule has 0 spiro atoms. The van der Waals surface area contributed by atoms with Gasteiger partial charge >= 0.3 is 6.03 Å². The van der Waals surface area contributed by atoms with Crippen molar-refractivity contribution >= 4 is 23.6 Å². The number of aromatic nitrogens is 4. The van der Waals surface area contributed by atoms with Crippen molar-refractivity contribution in [2.45, 2.75) is 88.3 Å². The fourth-order valence-electron chi connectivity index (χ4n) is 6.24. The summed E-state index contributed by atoms with van der Waals surface area (Å²) in [7, 11) is 0. The molecule has 0 radical (unpaired) electrons. The molecule has 202 valence electrons. The van der Waals surface area contributed by atoms with E-state index in [2.05, 4.69) is 53.6 Å². The van der Waals surface area contributed by atoms with Crippen molar-refractivity contribution in [2.24, 2.45) is 0 Å². The van der Waals surface area contributed by atoms with E-state index < -0.39 is 0 Å². The predicted molar refractivity (Wildman–Crippen MR) is 149 cm³/mol. The second-order valence-corrected chi connectivity index (χ2v) is 11.1. The summed E-state index contributed by atoms with van der Waals surface area (Å²) < 4.78 is 0. The van der Waals surface area contributed by atoms with Gasteiger partial charge in [-0.15, -0.1) is 0 Å². The molecule has 3 aliphatic rings. The number of rotatable bonds is 7. The first kappa shape index (κ1) is 25.2. The standard InChI is InChI=1S/C29H35N9O/c30-17-18-5-6-20-14-24(15-21(20)13-18)34-29(39)33-23-9-7-22(8-10-23)32-28-31-12-11-26(36-28)35-27-16-25(37-38-27)19-3-1-2-4-19/h5-6,11-13,16,19,22-24H,1-4,7-10,14-15H2,(H2,33,34,39)(H3,31,32,35,36,37,38)/t22-,23-,24?. The fourth-order valence-corrected chi connectivity index (χ4v) is 6.24. The topological polar surface area (TPSA) is 143 Å². The molecule has 6 rings (SSSR count). The molecule has 10 nitrogen and oxygen atoms in total. The zero-order chi connectivity index (χ0) is 26.6. The third kappa shape index (κ3) is 6.14. The van der Waals surface area contributed by atoms with Crippen molar-refractivity contribution in [3.63, 3.8) is 0 Å². The number of H-pyrrole nitrogens is 1. The molecule has 1 aromatic carbocycles. The number of fused-ring (bicyclic) bond motifs is 1. The highest BCUT2D eigenvalue weighted by Crippen LogP contribution is 2.34. The van der Waals surface area contributed by atoms with Gasteiger partial charge < -0.3 is 21.3 Å². The van der Waals surface area contributed by atoms with Gasteiger partial charge in [0.05, 0.1) is 11.6 Å². The van der Waals surface area contributed by atoms with Crippen molar-refractivity contribution in [1.82, 2.24) is 30.8 Å². The molecule has 1 atom stereocenters. The minimum atomic E-state index is -0.110. The van der Waals surface area contributed by atoms with Gasteiger partial charge in [0.15, 0.2) is 5.82 Å². The fraction of sp³-hybridized carbons (Fsp3) is 0.483. The van der Waals surface area contributed by atoms with E-state index in [1.807, 2.05) is 24.3 Å². The van der Waals surface area contributed by atoms with Crippen LogP contribution in [0.4, 0.5) is 22.4 Å². The summed E-state index contributed by atoms with van der Waals surface area (Å²) in [5.74, 6) is 2.67. The van der Waals surface area contributed by atoms with Crippen LogP contribution in [0.25, 0.3) is 0 Å². The Hall–Kier alpha value is -4.13. The van der Waals surface area contributed by atoms with Crippen molar-refractivity contribution in [1.29, 1.82) is 5.26 Å². The van der Waals surface area contributed by atoms with Crippen LogP contribution in [0, 0.1) is 11.3 Å². The highest BCUT2D eigenvalue weighted by Gasteiger charge is 2.26. The molecular weight excluding hydrogens is 490 g/mol. The third-order valence-electron chi connectivity index (χ3n) is 8.30. The van der Waals surface area contributed by atoms with Crippen LogP contribution in [0.3, 0.4) is 0 Å². The van der Waals surface area contributed by atoms with Gasteiger partial charge in [-0.05, 0) is 80.7 Å². The lowest BCUT2D eigenvalue weighted by Crippen LogP contribution is -2.48. The molecule has 39 heavy (non-hydrogen) atoms. The first-order valence-corrected chi connectivity index (χ1v) is 14.1. The first-order valence-electron chi connectivity index (χ1n) is 14.1. The van der Waals surface area contributed by atoms with Crippen molar-refractivity contribution in [2.75, 3.05) is 10.6 Å². The molecule has 0 aliphatic heterocycles. The van der Waals surface area contributed by atoms with Gasteiger partial charge in [-0.25, -0.2) is 9.78 Å². The number of nitrogens with one attached hydrogen (secondary N) is 5. The van der Waals surface area contributed by atoms with Crippen molar-refractivity contribution in [3.8, 4) is 6.07 Å². The van der Waals surface area contributed by atoms with E-state index in [4.69, 9.17) is 5.26 Å². The number of urea groups is 1. The Bertz CT molecular complexity index is 1350. The largest absolute Gasteiger partial charge is 0.351 e. The normalized spacial score (nSPS) is 22.6. The van der Waals surface area contributed by atoms with Crippen molar-refractivity contribution in [3.05, 3.63) is 58.9 Å².